The van der Waals surface area contributed by atoms with Crippen LogP contribution >= 0.6 is 0 Å². The number of nitrogens with two attached hydrogens (primary N) is 1. The fourth-order valence-electron chi connectivity index (χ4n) is 1.86. The topological polar surface area (TPSA) is 84.2 Å². The number of nitrogen functional groups attached to an aromatic ring is 1. The number of amides is 2. The van der Waals surface area contributed by atoms with Crippen LogP contribution in [-0.2, 0) is 4.79 Å². The fourth-order valence-corrected chi connectivity index (χ4v) is 1.86. The van der Waals surface area contributed by atoms with Crippen LogP contribution in [0.15, 0.2) is 18.2 Å². The molecule has 1 atom stereocenters. The molecule has 0 saturated carbocycles. The number of hydrogen-bond donors (Lipinski definition) is 3. The number of anilines is 1. The Kier molecular flexibility index (Phi) is 3.45. The third kappa shape index (κ3) is 2.77. The first-order valence-corrected chi connectivity index (χ1v) is 5.69. The Morgan fingerprint density at radius 1 is 1.56 bits per heavy atom. The van der Waals surface area contributed by atoms with Crippen LogP contribution in [0.4, 0.5) is 10.1 Å². The maximum Gasteiger partial charge on any atom is 0.254 e. The van der Waals surface area contributed by atoms with E-state index in [1.165, 1.54) is 12.1 Å². The van der Waals surface area contributed by atoms with Crippen LogP contribution < -0.4 is 16.4 Å². The molecule has 18 heavy (non-hydrogen) atoms. The quantitative estimate of drug-likeness (QED) is 0.680. The summed E-state index contributed by atoms with van der Waals surface area (Å²) < 4.78 is 13.5. The van der Waals surface area contributed by atoms with Gasteiger partial charge in [-0.05, 0) is 24.6 Å². The molecule has 1 aromatic carbocycles. The summed E-state index contributed by atoms with van der Waals surface area (Å²) in [6.45, 7) is 0.300. The molecule has 1 heterocycles. The van der Waals surface area contributed by atoms with Crippen molar-refractivity contribution in [3.63, 3.8) is 0 Å². The largest absolute Gasteiger partial charge is 0.399 e. The van der Waals surface area contributed by atoms with Gasteiger partial charge in [-0.3, -0.25) is 9.59 Å². The molecule has 1 unspecified atom stereocenters. The lowest BCUT2D eigenvalue weighted by Gasteiger charge is -2.11. The third-order valence-corrected chi connectivity index (χ3v) is 2.83. The van der Waals surface area contributed by atoms with E-state index < -0.39 is 11.7 Å². The van der Waals surface area contributed by atoms with E-state index in [9.17, 15) is 14.0 Å². The maximum absolute atomic E-state index is 13.5. The van der Waals surface area contributed by atoms with E-state index in [1.54, 1.807) is 0 Å². The van der Waals surface area contributed by atoms with Gasteiger partial charge in [-0.15, -0.1) is 0 Å². The Bertz CT molecular complexity index is 490. The lowest BCUT2D eigenvalue weighted by Crippen LogP contribution is -2.38. The van der Waals surface area contributed by atoms with Gasteiger partial charge in [0.2, 0.25) is 5.91 Å². The van der Waals surface area contributed by atoms with Crippen molar-refractivity contribution in [1.82, 2.24) is 10.6 Å². The standard InChI is InChI=1S/C12H14FN3O2/c13-10-5-7(14)1-3-9(10)12(18)15-6-8-2-4-11(17)16-8/h1,3,5,8H,2,4,6,14H2,(H,15,18)(H,16,17). The smallest absolute Gasteiger partial charge is 0.254 e. The predicted octanol–water partition coefficient (Wildman–Crippen LogP) is 0.416. The van der Waals surface area contributed by atoms with Gasteiger partial charge in [0.15, 0.2) is 0 Å². The Balaban J connectivity index is 1.93. The molecule has 0 aliphatic carbocycles. The number of rotatable bonds is 3. The highest BCUT2D eigenvalue weighted by atomic mass is 19.1. The van der Waals surface area contributed by atoms with Gasteiger partial charge in [0.05, 0.1) is 5.56 Å². The molecule has 0 radical (unpaired) electrons. The van der Waals surface area contributed by atoms with Crippen molar-refractivity contribution in [3.8, 4) is 0 Å². The van der Waals surface area contributed by atoms with Crippen LogP contribution in [0.25, 0.3) is 0 Å². The first-order chi connectivity index (χ1) is 8.56. The zero-order chi connectivity index (χ0) is 13.1. The number of halogens is 1. The SMILES string of the molecule is Nc1ccc(C(=O)NCC2CCC(=O)N2)c(F)c1. The highest BCUT2D eigenvalue weighted by Gasteiger charge is 2.21. The van der Waals surface area contributed by atoms with E-state index in [0.29, 0.717) is 19.4 Å². The highest BCUT2D eigenvalue weighted by molar-refractivity contribution is 5.94. The summed E-state index contributed by atoms with van der Waals surface area (Å²) >= 11 is 0. The summed E-state index contributed by atoms with van der Waals surface area (Å²) in [5.41, 5.74) is 5.62. The molecular formula is C12H14FN3O2. The summed E-state index contributed by atoms with van der Waals surface area (Å²) in [6.07, 6.45) is 1.15. The summed E-state index contributed by atoms with van der Waals surface area (Å²) in [4.78, 5) is 22.7. The fraction of sp³-hybridized carbons (Fsp3) is 0.333. The molecule has 1 aliphatic rings. The Morgan fingerprint density at radius 3 is 2.94 bits per heavy atom. The number of benzene rings is 1. The summed E-state index contributed by atoms with van der Waals surface area (Å²) in [6, 6.07) is 3.84. The second kappa shape index (κ2) is 5.03. The molecule has 0 bridgehead atoms. The van der Waals surface area contributed by atoms with Crippen molar-refractivity contribution in [2.75, 3.05) is 12.3 Å². The summed E-state index contributed by atoms with van der Waals surface area (Å²) in [7, 11) is 0. The molecule has 2 amide bonds. The molecular weight excluding hydrogens is 237 g/mol. The third-order valence-electron chi connectivity index (χ3n) is 2.83. The van der Waals surface area contributed by atoms with Gasteiger partial charge in [-0.1, -0.05) is 0 Å². The van der Waals surface area contributed by atoms with Crippen LogP contribution in [-0.4, -0.2) is 24.4 Å². The van der Waals surface area contributed by atoms with Crippen molar-refractivity contribution in [3.05, 3.63) is 29.6 Å². The van der Waals surface area contributed by atoms with Crippen molar-refractivity contribution in [2.45, 2.75) is 18.9 Å². The van der Waals surface area contributed by atoms with Gasteiger partial charge < -0.3 is 16.4 Å². The first kappa shape index (κ1) is 12.3. The number of hydrogen-bond acceptors (Lipinski definition) is 3. The van der Waals surface area contributed by atoms with Gasteiger partial charge in [0.1, 0.15) is 5.82 Å². The molecule has 5 nitrogen and oxygen atoms in total. The van der Waals surface area contributed by atoms with Crippen LogP contribution in [0, 0.1) is 5.82 Å². The van der Waals surface area contributed by atoms with Crippen LogP contribution in [0.3, 0.4) is 0 Å². The van der Waals surface area contributed by atoms with Gasteiger partial charge >= 0.3 is 0 Å². The zero-order valence-electron chi connectivity index (χ0n) is 9.70. The molecule has 1 saturated heterocycles. The molecule has 1 fully saturated rings. The van der Waals surface area contributed by atoms with Crippen molar-refractivity contribution in [1.29, 1.82) is 0 Å². The minimum atomic E-state index is -0.650. The molecule has 0 spiro atoms. The van der Waals surface area contributed by atoms with Crippen molar-refractivity contribution < 1.29 is 14.0 Å². The van der Waals surface area contributed by atoms with E-state index in [0.717, 1.165) is 6.07 Å². The summed E-state index contributed by atoms with van der Waals surface area (Å²) in [5, 5.41) is 5.30. The lowest BCUT2D eigenvalue weighted by atomic mass is 10.1. The van der Waals surface area contributed by atoms with Crippen LogP contribution in [0.1, 0.15) is 23.2 Å². The normalized spacial score (nSPS) is 18.5. The molecule has 0 aromatic heterocycles. The van der Waals surface area contributed by atoms with Gasteiger partial charge in [0, 0.05) is 24.7 Å². The van der Waals surface area contributed by atoms with Crippen molar-refractivity contribution in [2.24, 2.45) is 0 Å². The number of nitrogens with one attached hydrogen (secondary N) is 2. The monoisotopic (exact) mass is 251 g/mol. The molecule has 1 aromatic rings. The van der Waals surface area contributed by atoms with Gasteiger partial charge in [-0.2, -0.15) is 0 Å². The van der Waals surface area contributed by atoms with Crippen LogP contribution in [0.5, 0.6) is 0 Å². The Hall–Kier alpha value is -2.11. The zero-order valence-corrected chi connectivity index (χ0v) is 9.70. The number of carbonyl (C=O) groups excluding carboxylic acids is 2. The molecule has 2 rings (SSSR count). The average Bonchev–Trinajstić information content (AvgIpc) is 2.72. The first-order valence-electron chi connectivity index (χ1n) is 5.69. The van der Waals surface area contributed by atoms with E-state index in [1.807, 2.05) is 0 Å². The predicted molar refractivity (Wildman–Crippen MR) is 64.3 cm³/mol. The maximum atomic E-state index is 13.5. The molecule has 96 valence electrons. The van der Waals surface area contributed by atoms with Crippen LogP contribution in [0.2, 0.25) is 0 Å². The van der Waals surface area contributed by atoms with E-state index in [-0.39, 0.29) is 23.2 Å². The highest BCUT2D eigenvalue weighted by Crippen LogP contribution is 2.12. The second-order valence-electron chi connectivity index (χ2n) is 4.25. The lowest BCUT2D eigenvalue weighted by molar-refractivity contribution is -0.119. The Labute approximate surface area is 104 Å². The summed E-state index contributed by atoms with van der Waals surface area (Å²) in [5.74, 6) is -1.18. The molecule has 6 heteroatoms. The van der Waals surface area contributed by atoms with Gasteiger partial charge in [0.25, 0.3) is 5.91 Å². The molecule has 1 aliphatic heterocycles. The number of carbonyl (C=O) groups is 2. The minimum absolute atomic E-state index is 0.0204. The second-order valence-corrected chi connectivity index (χ2v) is 4.25. The van der Waals surface area contributed by atoms with E-state index >= 15 is 0 Å². The van der Waals surface area contributed by atoms with Crippen molar-refractivity contribution >= 4 is 17.5 Å². The molecule has 4 N–H and O–H groups in total. The van der Waals surface area contributed by atoms with E-state index in [4.69, 9.17) is 5.73 Å². The Morgan fingerprint density at radius 2 is 2.33 bits per heavy atom. The average molecular weight is 251 g/mol. The van der Waals surface area contributed by atoms with E-state index in [2.05, 4.69) is 10.6 Å². The van der Waals surface area contributed by atoms with Gasteiger partial charge in [-0.25, -0.2) is 4.39 Å². The minimum Gasteiger partial charge on any atom is -0.399 e.